The first-order valence-corrected chi connectivity index (χ1v) is 12.9. The Bertz CT molecular complexity index is 643. The third-order valence-electron chi connectivity index (χ3n) is 4.50. The largest absolute Gasteiger partial charge is 0.744 e. The Balaban J connectivity index is 0.000000186. The summed E-state index contributed by atoms with van der Waals surface area (Å²) in [5, 5.41) is 0. The maximum Gasteiger partial charge on any atom is 0.184 e. The molecule has 140 valence electrons. The number of ketones is 1. The van der Waals surface area contributed by atoms with Gasteiger partial charge < -0.3 is 4.55 Å². The molecule has 1 aromatic carbocycles. The van der Waals surface area contributed by atoms with Gasteiger partial charge in [0.05, 0.1) is 4.90 Å². The van der Waals surface area contributed by atoms with E-state index in [4.69, 9.17) is 0 Å². The second kappa shape index (κ2) is 10.00. The number of Topliss-reactive ketones (excluding diaryl/α,β-unsaturated/α-hetero) is 1. The minimum absolute atomic E-state index is 0.178. The maximum absolute atomic E-state index is 11.9. The van der Waals surface area contributed by atoms with E-state index in [1.165, 1.54) is 60.8 Å². The SMILES string of the molecule is Cc1ccc(S(=O)(=O)[O-])cc1.O=C(C[S+]1CCSCC1)C1CCCC1. The lowest BCUT2D eigenvalue weighted by Gasteiger charge is -2.14. The van der Waals surface area contributed by atoms with Crippen molar-refractivity contribution in [2.75, 3.05) is 28.8 Å². The van der Waals surface area contributed by atoms with Gasteiger partial charge in [0.15, 0.2) is 11.5 Å². The summed E-state index contributed by atoms with van der Waals surface area (Å²) < 4.78 is 31.2. The van der Waals surface area contributed by atoms with Gasteiger partial charge in [0.1, 0.15) is 21.6 Å². The molecule has 1 saturated heterocycles. The number of aryl methyl sites for hydroxylation is 1. The number of hydrogen-bond donors (Lipinski definition) is 0. The van der Waals surface area contributed by atoms with Crippen LogP contribution >= 0.6 is 11.8 Å². The molecule has 0 bridgehead atoms. The highest BCUT2D eigenvalue weighted by Gasteiger charge is 2.30. The molecule has 25 heavy (non-hydrogen) atoms. The predicted molar refractivity (Wildman–Crippen MR) is 105 cm³/mol. The fraction of sp³-hybridized carbons (Fsp3) is 0.611. The lowest BCUT2D eigenvalue weighted by Crippen LogP contribution is -2.30. The first-order valence-electron chi connectivity index (χ1n) is 8.63. The van der Waals surface area contributed by atoms with E-state index in [1.807, 2.05) is 6.92 Å². The van der Waals surface area contributed by atoms with E-state index in [9.17, 15) is 17.8 Å². The molecule has 0 spiro atoms. The van der Waals surface area contributed by atoms with Gasteiger partial charge in [-0.05, 0) is 42.8 Å². The number of carbonyl (C=O) groups is 1. The van der Waals surface area contributed by atoms with Crippen LogP contribution in [0.5, 0.6) is 0 Å². The number of hydrogen-bond acceptors (Lipinski definition) is 5. The number of rotatable bonds is 4. The van der Waals surface area contributed by atoms with Crippen LogP contribution in [0.15, 0.2) is 29.2 Å². The van der Waals surface area contributed by atoms with E-state index >= 15 is 0 Å². The molecule has 1 aliphatic heterocycles. The van der Waals surface area contributed by atoms with Gasteiger partial charge in [0.2, 0.25) is 0 Å². The minimum atomic E-state index is -4.27. The average Bonchev–Trinajstić information content (AvgIpc) is 3.10. The molecule has 0 N–H and O–H groups in total. The zero-order valence-electron chi connectivity index (χ0n) is 14.6. The summed E-state index contributed by atoms with van der Waals surface area (Å²) in [4.78, 5) is 11.7. The van der Waals surface area contributed by atoms with Crippen LogP contribution in [-0.2, 0) is 25.8 Å². The monoisotopic (exact) mass is 402 g/mol. The van der Waals surface area contributed by atoms with Gasteiger partial charge in [-0.2, -0.15) is 11.8 Å². The highest BCUT2D eigenvalue weighted by molar-refractivity contribution is 8.05. The van der Waals surface area contributed by atoms with Crippen molar-refractivity contribution in [2.24, 2.45) is 5.92 Å². The normalized spacial score (nSPS) is 19.3. The highest BCUT2D eigenvalue weighted by atomic mass is 32.2. The number of benzene rings is 1. The van der Waals surface area contributed by atoms with Crippen molar-refractivity contribution < 1.29 is 17.8 Å². The van der Waals surface area contributed by atoms with Crippen molar-refractivity contribution in [3.8, 4) is 0 Å². The second-order valence-electron chi connectivity index (χ2n) is 6.49. The zero-order chi connectivity index (χ0) is 18.3. The van der Waals surface area contributed by atoms with Crippen molar-refractivity contribution >= 4 is 38.6 Å². The first-order chi connectivity index (χ1) is 11.9. The van der Waals surface area contributed by atoms with Gasteiger partial charge in [0.25, 0.3) is 0 Å². The Morgan fingerprint density at radius 2 is 1.72 bits per heavy atom. The van der Waals surface area contributed by atoms with Crippen molar-refractivity contribution in [3.63, 3.8) is 0 Å². The fourth-order valence-corrected chi connectivity index (χ4v) is 7.61. The van der Waals surface area contributed by atoms with Gasteiger partial charge in [-0.15, -0.1) is 0 Å². The van der Waals surface area contributed by atoms with Crippen molar-refractivity contribution in [3.05, 3.63) is 29.8 Å². The Kier molecular flexibility index (Phi) is 8.32. The molecule has 0 atom stereocenters. The summed E-state index contributed by atoms with van der Waals surface area (Å²) in [7, 11) is -3.81. The molecular weight excluding hydrogens is 376 g/mol. The molecule has 0 unspecified atom stereocenters. The molecule has 0 amide bonds. The molecular formula is C18H26O4S3. The van der Waals surface area contributed by atoms with Gasteiger partial charge in [0, 0.05) is 17.4 Å². The highest BCUT2D eigenvalue weighted by Crippen LogP contribution is 2.26. The fourth-order valence-electron chi connectivity index (χ4n) is 2.97. The van der Waals surface area contributed by atoms with E-state index in [0.29, 0.717) is 22.6 Å². The van der Waals surface area contributed by atoms with Crippen molar-refractivity contribution in [1.82, 2.24) is 0 Å². The number of carbonyl (C=O) groups excluding carboxylic acids is 1. The molecule has 1 heterocycles. The summed E-state index contributed by atoms with van der Waals surface area (Å²) >= 11 is 2.05. The predicted octanol–water partition coefficient (Wildman–Crippen LogP) is 3.01. The molecule has 1 aromatic rings. The Morgan fingerprint density at radius 1 is 1.16 bits per heavy atom. The lowest BCUT2D eigenvalue weighted by atomic mass is 10.0. The minimum Gasteiger partial charge on any atom is -0.744 e. The Morgan fingerprint density at radius 3 is 2.24 bits per heavy atom. The summed E-state index contributed by atoms with van der Waals surface area (Å²) in [5.41, 5.74) is 0.928. The van der Waals surface area contributed by atoms with E-state index in [1.54, 1.807) is 12.1 Å². The Labute approximate surface area is 158 Å². The summed E-state index contributed by atoms with van der Waals surface area (Å²) in [6.45, 7) is 1.82. The number of thioether (sulfide) groups is 1. The van der Waals surface area contributed by atoms with Gasteiger partial charge in [-0.1, -0.05) is 30.5 Å². The molecule has 1 saturated carbocycles. The first kappa shape index (κ1) is 20.8. The van der Waals surface area contributed by atoms with Crippen molar-refractivity contribution in [1.29, 1.82) is 0 Å². The van der Waals surface area contributed by atoms with Gasteiger partial charge in [-0.3, -0.25) is 4.79 Å². The van der Waals surface area contributed by atoms with E-state index in [0.717, 1.165) is 11.3 Å². The smallest absolute Gasteiger partial charge is 0.184 e. The standard InChI is InChI=1S/C11H19OS2.C7H8O3S/c12-11(10-3-1-2-4-10)9-14-7-5-13-6-8-14;1-6-2-4-7(5-3-6)11(8,9)10/h10H,1-9H2;2-5H,1H3,(H,8,9,10)/q+1;/p-1. The third kappa shape index (κ3) is 7.33. The quantitative estimate of drug-likeness (QED) is 0.572. The molecule has 7 heteroatoms. The second-order valence-corrected chi connectivity index (χ2v) is 11.4. The van der Waals surface area contributed by atoms with E-state index in [-0.39, 0.29) is 4.90 Å². The molecule has 2 fully saturated rings. The van der Waals surface area contributed by atoms with Gasteiger partial charge in [-0.25, -0.2) is 8.42 Å². The van der Waals surface area contributed by atoms with Crippen LogP contribution in [0.3, 0.4) is 0 Å². The van der Waals surface area contributed by atoms with Crippen LogP contribution in [0.25, 0.3) is 0 Å². The van der Waals surface area contributed by atoms with E-state index in [2.05, 4.69) is 11.8 Å². The van der Waals surface area contributed by atoms with Crippen LogP contribution < -0.4 is 0 Å². The lowest BCUT2D eigenvalue weighted by molar-refractivity contribution is -0.120. The average molecular weight is 403 g/mol. The topological polar surface area (TPSA) is 74.3 Å². The Hall–Kier alpha value is -0.500. The summed E-state index contributed by atoms with van der Waals surface area (Å²) in [5.74, 6) is 7.18. The molecule has 0 aromatic heterocycles. The third-order valence-corrected chi connectivity index (χ3v) is 9.11. The van der Waals surface area contributed by atoms with Crippen LogP contribution in [-0.4, -0.2) is 47.5 Å². The molecule has 1 aliphatic carbocycles. The molecule has 0 radical (unpaired) electrons. The summed E-state index contributed by atoms with van der Waals surface area (Å²) in [6, 6.07) is 5.78. The van der Waals surface area contributed by atoms with Crippen LogP contribution in [0.1, 0.15) is 31.2 Å². The zero-order valence-corrected chi connectivity index (χ0v) is 17.1. The molecule has 3 rings (SSSR count). The van der Waals surface area contributed by atoms with Crippen LogP contribution in [0.4, 0.5) is 0 Å². The van der Waals surface area contributed by atoms with Crippen LogP contribution in [0.2, 0.25) is 0 Å². The summed E-state index contributed by atoms with van der Waals surface area (Å²) in [6.07, 6.45) is 4.95. The molecule has 4 nitrogen and oxygen atoms in total. The van der Waals surface area contributed by atoms with Crippen molar-refractivity contribution in [2.45, 2.75) is 37.5 Å². The van der Waals surface area contributed by atoms with Gasteiger partial charge >= 0.3 is 0 Å². The molecule has 2 aliphatic rings. The van der Waals surface area contributed by atoms with Crippen LogP contribution in [0, 0.1) is 12.8 Å². The van der Waals surface area contributed by atoms with E-state index < -0.39 is 10.1 Å². The maximum atomic E-state index is 11.9.